The Kier molecular flexibility index (Phi) is 8.45. The maximum atomic E-state index is 12.3. The number of methoxy groups -OCH3 is 1. The summed E-state index contributed by atoms with van der Waals surface area (Å²) in [6, 6.07) is 15.9. The van der Waals surface area contributed by atoms with Crippen LogP contribution in [0.5, 0.6) is 5.75 Å². The van der Waals surface area contributed by atoms with E-state index in [-0.39, 0.29) is 5.91 Å². The Labute approximate surface area is 182 Å². The van der Waals surface area contributed by atoms with Gasteiger partial charge >= 0.3 is 0 Å². The zero-order valence-electron chi connectivity index (χ0n) is 18.0. The average Bonchev–Trinajstić information content (AvgIpc) is 2.80. The molecule has 7 nitrogen and oxygen atoms in total. The molecule has 1 aromatic heterocycles. The number of rotatable bonds is 6. The zero-order chi connectivity index (χ0) is 22.8. The van der Waals surface area contributed by atoms with Crippen LogP contribution in [0.2, 0.25) is 0 Å². The summed E-state index contributed by atoms with van der Waals surface area (Å²) in [5.41, 5.74) is 4.30. The molecule has 0 atom stereocenters. The summed E-state index contributed by atoms with van der Waals surface area (Å²) in [6.45, 7) is 3.66. The SMILES string of the molecule is CC(=N)c1ccc(C=O)cc1.CNc1ccc(OC)cc1C(=O)Nc1ccc(C)cn1. The van der Waals surface area contributed by atoms with Gasteiger partial charge in [-0.05, 0) is 49.2 Å². The third-order valence-corrected chi connectivity index (χ3v) is 4.37. The second-order valence-electron chi connectivity index (χ2n) is 6.70. The van der Waals surface area contributed by atoms with Crippen molar-refractivity contribution in [2.75, 3.05) is 24.8 Å². The quantitative estimate of drug-likeness (QED) is 0.401. The van der Waals surface area contributed by atoms with Gasteiger partial charge in [-0.1, -0.05) is 30.3 Å². The molecule has 1 amide bonds. The van der Waals surface area contributed by atoms with Gasteiger partial charge in [-0.3, -0.25) is 9.59 Å². The molecular weight excluding hydrogens is 392 g/mol. The lowest BCUT2D eigenvalue weighted by Crippen LogP contribution is -2.15. The van der Waals surface area contributed by atoms with Crippen molar-refractivity contribution >= 4 is 29.4 Å². The summed E-state index contributed by atoms with van der Waals surface area (Å²) in [5, 5.41) is 13.0. The number of aldehydes is 1. The van der Waals surface area contributed by atoms with Crippen molar-refractivity contribution in [2.45, 2.75) is 13.8 Å². The van der Waals surface area contributed by atoms with Crippen molar-refractivity contribution in [3.63, 3.8) is 0 Å². The van der Waals surface area contributed by atoms with Crippen molar-refractivity contribution in [2.24, 2.45) is 0 Å². The summed E-state index contributed by atoms with van der Waals surface area (Å²) in [7, 11) is 3.33. The third kappa shape index (κ3) is 6.78. The van der Waals surface area contributed by atoms with Gasteiger partial charge in [0, 0.05) is 30.2 Å². The maximum Gasteiger partial charge on any atom is 0.259 e. The number of anilines is 2. The minimum atomic E-state index is -0.232. The van der Waals surface area contributed by atoms with Crippen LogP contribution < -0.4 is 15.4 Å². The van der Waals surface area contributed by atoms with Crippen LogP contribution in [0.3, 0.4) is 0 Å². The Morgan fingerprint density at radius 1 is 1.10 bits per heavy atom. The molecule has 0 spiro atoms. The number of nitrogens with zero attached hydrogens (tertiary/aromatic N) is 1. The number of aromatic nitrogens is 1. The van der Waals surface area contributed by atoms with Crippen LogP contribution in [-0.2, 0) is 0 Å². The van der Waals surface area contributed by atoms with Gasteiger partial charge in [-0.2, -0.15) is 0 Å². The van der Waals surface area contributed by atoms with Crippen LogP contribution in [0, 0.1) is 12.3 Å². The highest BCUT2D eigenvalue weighted by Crippen LogP contribution is 2.22. The third-order valence-electron chi connectivity index (χ3n) is 4.37. The number of carbonyl (C=O) groups is 2. The standard InChI is InChI=1S/C15H17N3O2.C9H9NO/c1-10-4-7-14(17-9-10)18-15(19)12-8-11(20-3)5-6-13(12)16-2;1-7(10)9-4-2-8(6-11)3-5-9/h4-9,16H,1-3H3,(H,17,18,19);2-6,10H,1H3. The summed E-state index contributed by atoms with van der Waals surface area (Å²) in [5.74, 6) is 0.918. The van der Waals surface area contributed by atoms with Gasteiger partial charge in [0.25, 0.3) is 5.91 Å². The molecule has 2 aromatic carbocycles. The molecule has 3 N–H and O–H groups in total. The van der Waals surface area contributed by atoms with Gasteiger partial charge in [-0.15, -0.1) is 0 Å². The number of aryl methyl sites for hydroxylation is 1. The largest absolute Gasteiger partial charge is 0.497 e. The Hall–Kier alpha value is -4.00. The maximum absolute atomic E-state index is 12.3. The first-order valence-electron chi connectivity index (χ1n) is 9.58. The Bertz CT molecular complexity index is 1050. The molecule has 0 radical (unpaired) electrons. The van der Waals surface area contributed by atoms with E-state index < -0.39 is 0 Å². The van der Waals surface area contributed by atoms with Crippen LogP contribution in [-0.4, -0.2) is 37.0 Å². The fourth-order valence-corrected chi connectivity index (χ4v) is 2.59. The minimum absolute atomic E-state index is 0.232. The van der Waals surface area contributed by atoms with E-state index >= 15 is 0 Å². The summed E-state index contributed by atoms with van der Waals surface area (Å²) >= 11 is 0. The monoisotopic (exact) mass is 418 g/mol. The van der Waals surface area contributed by atoms with E-state index in [1.165, 1.54) is 0 Å². The van der Waals surface area contributed by atoms with Gasteiger partial charge < -0.3 is 20.8 Å². The molecule has 0 saturated heterocycles. The van der Waals surface area contributed by atoms with E-state index in [9.17, 15) is 9.59 Å². The number of nitrogens with one attached hydrogen (secondary N) is 3. The van der Waals surface area contributed by atoms with E-state index in [2.05, 4.69) is 15.6 Å². The molecule has 0 aliphatic carbocycles. The second kappa shape index (κ2) is 11.3. The summed E-state index contributed by atoms with van der Waals surface area (Å²) < 4.78 is 5.15. The zero-order valence-corrected chi connectivity index (χ0v) is 18.0. The highest BCUT2D eigenvalue weighted by Gasteiger charge is 2.13. The van der Waals surface area contributed by atoms with Gasteiger partial charge in [0.15, 0.2) is 0 Å². The Morgan fingerprint density at radius 2 is 1.81 bits per heavy atom. The fraction of sp³-hybridized carbons (Fsp3) is 0.167. The van der Waals surface area contributed by atoms with E-state index in [1.54, 1.807) is 75.8 Å². The van der Waals surface area contributed by atoms with Crippen molar-refractivity contribution in [3.8, 4) is 5.75 Å². The van der Waals surface area contributed by atoms with E-state index in [0.29, 0.717) is 28.4 Å². The van der Waals surface area contributed by atoms with Crippen molar-refractivity contribution in [1.82, 2.24) is 4.98 Å². The lowest BCUT2D eigenvalue weighted by atomic mass is 10.1. The Balaban J connectivity index is 0.000000262. The van der Waals surface area contributed by atoms with Crippen LogP contribution in [0.4, 0.5) is 11.5 Å². The van der Waals surface area contributed by atoms with Crippen molar-refractivity contribution in [3.05, 3.63) is 83.0 Å². The Morgan fingerprint density at radius 3 is 2.32 bits per heavy atom. The van der Waals surface area contributed by atoms with Gasteiger partial charge in [0.2, 0.25) is 0 Å². The molecule has 0 aliphatic heterocycles. The predicted molar refractivity (Wildman–Crippen MR) is 124 cm³/mol. The molecule has 0 unspecified atom stereocenters. The summed E-state index contributed by atoms with van der Waals surface area (Å²) in [6.07, 6.45) is 2.50. The first-order chi connectivity index (χ1) is 14.9. The molecule has 0 aliphatic rings. The number of carbonyl (C=O) groups excluding carboxylic acids is 2. The highest BCUT2D eigenvalue weighted by molar-refractivity contribution is 6.08. The molecule has 3 aromatic rings. The van der Waals surface area contributed by atoms with E-state index in [4.69, 9.17) is 10.1 Å². The number of benzene rings is 2. The fourth-order valence-electron chi connectivity index (χ4n) is 2.59. The van der Waals surface area contributed by atoms with E-state index in [0.717, 1.165) is 23.1 Å². The van der Waals surface area contributed by atoms with Crippen LogP contribution in [0.15, 0.2) is 60.8 Å². The molecule has 7 heteroatoms. The molecule has 0 saturated carbocycles. The molecule has 3 rings (SSSR count). The number of hydrogen-bond donors (Lipinski definition) is 3. The van der Waals surface area contributed by atoms with Crippen LogP contribution in [0.1, 0.15) is 38.8 Å². The average molecular weight is 418 g/mol. The smallest absolute Gasteiger partial charge is 0.259 e. The molecule has 0 bridgehead atoms. The van der Waals surface area contributed by atoms with Crippen molar-refractivity contribution in [1.29, 1.82) is 5.41 Å². The van der Waals surface area contributed by atoms with E-state index in [1.807, 2.05) is 13.0 Å². The molecule has 0 fully saturated rings. The van der Waals surface area contributed by atoms with Gasteiger partial charge in [0.05, 0.1) is 12.7 Å². The second-order valence-corrected chi connectivity index (χ2v) is 6.70. The molecule has 160 valence electrons. The lowest BCUT2D eigenvalue weighted by molar-refractivity contribution is 0.102. The topological polar surface area (TPSA) is 104 Å². The van der Waals surface area contributed by atoms with Crippen molar-refractivity contribution < 1.29 is 14.3 Å². The molecular formula is C24H26N4O3. The first-order valence-corrected chi connectivity index (χ1v) is 9.58. The highest BCUT2D eigenvalue weighted by atomic mass is 16.5. The number of pyridine rings is 1. The normalized spacial score (nSPS) is 9.68. The van der Waals surface area contributed by atoms with Gasteiger partial charge in [-0.25, -0.2) is 4.98 Å². The predicted octanol–water partition coefficient (Wildman–Crippen LogP) is 4.58. The number of amides is 1. The van der Waals surface area contributed by atoms with Gasteiger partial charge in [0.1, 0.15) is 17.9 Å². The van der Waals surface area contributed by atoms with Crippen LogP contribution >= 0.6 is 0 Å². The van der Waals surface area contributed by atoms with Crippen LogP contribution in [0.25, 0.3) is 0 Å². The molecule has 31 heavy (non-hydrogen) atoms. The number of ether oxygens (including phenoxy) is 1. The summed E-state index contributed by atoms with van der Waals surface area (Å²) in [4.78, 5) is 26.7. The number of hydrogen-bond acceptors (Lipinski definition) is 6. The molecule has 1 heterocycles. The minimum Gasteiger partial charge on any atom is -0.497 e. The lowest BCUT2D eigenvalue weighted by Gasteiger charge is -2.11. The first kappa shape index (κ1) is 23.3.